The molecule has 1 fully saturated rings. The van der Waals surface area contributed by atoms with Crippen LogP contribution in [0.2, 0.25) is 0 Å². The third-order valence-corrected chi connectivity index (χ3v) is 6.01. The number of hydrogen-bond acceptors (Lipinski definition) is 5. The van der Waals surface area contributed by atoms with Crippen molar-refractivity contribution in [2.24, 2.45) is 0 Å². The van der Waals surface area contributed by atoms with Crippen LogP contribution in [0.15, 0.2) is 48.5 Å². The molecule has 8 heteroatoms. The van der Waals surface area contributed by atoms with E-state index in [1.807, 2.05) is 55.5 Å². The molecular formula is C26H31N3O5. The third kappa shape index (κ3) is 5.16. The van der Waals surface area contributed by atoms with Gasteiger partial charge >= 0.3 is 12.2 Å². The molecule has 0 bridgehead atoms. The Morgan fingerprint density at radius 2 is 1.94 bits per heavy atom. The van der Waals surface area contributed by atoms with Crippen molar-refractivity contribution < 1.29 is 23.9 Å². The molecule has 1 saturated heterocycles. The molecule has 2 aromatic carbocycles. The monoisotopic (exact) mass is 465 g/mol. The Morgan fingerprint density at radius 1 is 1.21 bits per heavy atom. The van der Waals surface area contributed by atoms with Gasteiger partial charge in [-0.15, -0.1) is 0 Å². The van der Waals surface area contributed by atoms with Gasteiger partial charge in [-0.05, 0) is 45.4 Å². The lowest BCUT2D eigenvalue weighted by Crippen LogP contribution is -2.51. The SMILES string of the molecule is Cc1ccc2c(c1)C1(CCN(C(=O)[C@H](Cc3ccccc3)NC(=O)OC(C)(C)C)C1)OC(=O)N2. The summed E-state index contributed by atoms with van der Waals surface area (Å²) in [4.78, 5) is 40.1. The fraction of sp³-hybridized carbons (Fsp3) is 0.423. The van der Waals surface area contributed by atoms with Crippen molar-refractivity contribution in [3.05, 3.63) is 65.2 Å². The van der Waals surface area contributed by atoms with E-state index in [9.17, 15) is 14.4 Å². The fourth-order valence-electron chi connectivity index (χ4n) is 4.51. The van der Waals surface area contributed by atoms with Gasteiger partial charge in [-0.25, -0.2) is 9.59 Å². The third-order valence-electron chi connectivity index (χ3n) is 6.01. The summed E-state index contributed by atoms with van der Waals surface area (Å²) >= 11 is 0. The smallest absolute Gasteiger partial charge is 0.412 e. The molecule has 2 aliphatic heterocycles. The van der Waals surface area contributed by atoms with Gasteiger partial charge in [0.1, 0.15) is 11.6 Å². The van der Waals surface area contributed by atoms with Crippen LogP contribution in [-0.4, -0.2) is 47.7 Å². The van der Waals surface area contributed by atoms with Crippen molar-refractivity contribution in [2.75, 3.05) is 18.4 Å². The molecule has 4 rings (SSSR count). The zero-order valence-electron chi connectivity index (χ0n) is 20.0. The van der Waals surface area contributed by atoms with Crippen LogP contribution in [0.5, 0.6) is 0 Å². The van der Waals surface area contributed by atoms with Crippen LogP contribution < -0.4 is 10.6 Å². The van der Waals surface area contributed by atoms with E-state index in [1.54, 1.807) is 25.7 Å². The largest absolute Gasteiger partial charge is 0.444 e. The number of aryl methyl sites for hydroxylation is 1. The number of ether oxygens (including phenoxy) is 2. The second-order valence-corrected chi connectivity index (χ2v) is 9.96. The molecule has 1 unspecified atom stereocenters. The number of likely N-dealkylation sites (tertiary alicyclic amines) is 1. The molecule has 2 aromatic rings. The van der Waals surface area contributed by atoms with Crippen LogP contribution >= 0.6 is 0 Å². The number of hydrogen-bond donors (Lipinski definition) is 2. The topological polar surface area (TPSA) is 97.0 Å². The first-order valence-electron chi connectivity index (χ1n) is 11.5. The molecule has 2 atom stereocenters. The van der Waals surface area contributed by atoms with Gasteiger partial charge in [0.25, 0.3) is 0 Å². The lowest BCUT2D eigenvalue weighted by Gasteiger charge is -2.36. The van der Waals surface area contributed by atoms with E-state index in [-0.39, 0.29) is 12.5 Å². The van der Waals surface area contributed by atoms with Gasteiger partial charge in [0, 0.05) is 24.9 Å². The van der Waals surface area contributed by atoms with E-state index < -0.39 is 29.4 Å². The summed E-state index contributed by atoms with van der Waals surface area (Å²) in [5, 5.41) is 5.50. The number of nitrogens with one attached hydrogen (secondary N) is 2. The van der Waals surface area contributed by atoms with E-state index in [0.717, 1.165) is 16.7 Å². The highest BCUT2D eigenvalue weighted by molar-refractivity contribution is 5.90. The lowest BCUT2D eigenvalue weighted by atomic mass is 9.89. The van der Waals surface area contributed by atoms with Gasteiger partial charge in [0.2, 0.25) is 5.91 Å². The number of rotatable bonds is 4. The zero-order valence-corrected chi connectivity index (χ0v) is 20.0. The minimum Gasteiger partial charge on any atom is -0.444 e. The van der Waals surface area contributed by atoms with Crippen LogP contribution in [0.25, 0.3) is 0 Å². The molecule has 180 valence electrons. The highest BCUT2D eigenvalue weighted by Crippen LogP contribution is 2.43. The van der Waals surface area contributed by atoms with Gasteiger partial charge in [-0.2, -0.15) is 0 Å². The number of alkyl carbamates (subject to hydrolysis) is 1. The molecule has 2 N–H and O–H groups in total. The van der Waals surface area contributed by atoms with Gasteiger partial charge in [0.15, 0.2) is 5.60 Å². The molecule has 2 aliphatic rings. The van der Waals surface area contributed by atoms with Crippen LogP contribution in [0, 0.1) is 6.92 Å². The second-order valence-electron chi connectivity index (χ2n) is 9.96. The molecular weight excluding hydrogens is 434 g/mol. The first-order chi connectivity index (χ1) is 16.0. The summed E-state index contributed by atoms with van der Waals surface area (Å²) in [6.07, 6.45) is -0.379. The summed E-state index contributed by atoms with van der Waals surface area (Å²) < 4.78 is 11.2. The Hall–Kier alpha value is -3.55. The van der Waals surface area contributed by atoms with E-state index in [1.165, 1.54) is 0 Å². The van der Waals surface area contributed by atoms with E-state index in [4.69, 9.17) is 9.47 Å². The molecule has 1 spiro atoms. The predicted molar refractivity (Wildman–Crippen MR) is 127 cm³/mol. The van der Waals surface area contributed by atoms with Crippen LogP contribution in [-0.2, 0) is 26.3 Å². The molecule has 8 nitrogen and oxygen atoms in total. The molecule has 0 aromatic heterocycles. The van der Waals surface area contributed by atoms with Crippen LogP contribution in [0.4, 0.5) is 15.3 Å². The van der Waals surface area contributed by atoms with E-state index in [0.29, 0.717) is 25.1 Å². The van der Waals surface area contributed by atoms with Gasteiger partial charge in [-0.1, -0.05) is 42.0 Å². The molecule has 0 saturated carbocycles. The van der Waals surface area contributed by atoms with Crippen molar-refractivity contribution in [3.63, 3.8) is 0 Å². The van der Waals surface area contributed by atoms with Crippen LogP contribution in [0.1, 0.15) is 43.9 Å². The summed E-state index contributed by atoms with van der Waals surface area (Å²) in [6, 6.07) is 14.5. The number of fused-ring (bicyclic) bond motifs is 2. The zero-order chi connectivity index (χ0) is 24.5. The van der Waals surface area contributed by atoms with Gasteiger partial charge < -0.3 is 19.7 Å². The minimum absolute atomic E-state index is 0.219. The summed E-state index contributed by atoms with van der Waals surface area (Å²) in [7, 11) is 0. The predicted octanol–water partition coefficient (Wildman–Crippen LogP) is 4.12. The van der Waals surface area contributed by atoms with Crippen molar-refractivity contribution in [1.29, 1.82) is 0 Å². The Balaban J connectivity index is 1.57. The number of anilines is 1. The Kier molecular flexibility index (Phi) is 6.25. The van der Waals surface area contributed by atoms with Crippen molar-refractivity contribution >= 4 is 23.8 Å². The van der Waals surface area contributed by atoms with Crippen molar-refractivity contribution in [3.8, 4) is 0 Å². The number of carbonyl (C=O) groups excluding carboxylic acids is 3. The standard InChI is InChI=1S/C26H31N3O5/c1-17-10-11-20-19(14-17)26(34-24(32)27-20)12-13-29(16-26)22(30)21(15-18-8-6-5-7-9-18)28-23(31)33-25(2,3)4/h5-11,14,21H,12-13,15-16H2,1-4H3,(H,27,32)(H,28,31)/t21-,26?/m0/s1. The molecule has 0 radical (unpaired) electrons. The summed E-state index contributed by atoms with van der Waals surface area (Å²) in [5.74, 6) is -0.240. The first kappa shape index (κ1) is 23.6. The molecule has 2 heterocycles. The molecule has 3 amide bonds. The average Bonchev–Trinajstić information content (AvgIpc) is 3.17. The minimum atomic E-state index is -0.914. The van der Waals surface area contributed by atoms with Gasteiger partial charge in [-0.3, -0.25) is 10.1 Å². The average molecular weight is 466 g/mol. The Morgan fingerprint density at radius 3 is 2.65 bits per heavy atom. The Labute approximate surface area is 199 Å². The number of carbonyl (C=O) groups is 3. The van der Waals surface area contributed by atoms with Crippen molar-refractivity contribution in [2.45, 2.75) is 57.8 Å². The fourth-order valence-corrected chi connectivity index (χ4v) is 4.51. The highest BCUT2D eigenvalue weighted by atomic mass is 16.6. The maximum absolute atomic E-state index is 13.6. The van der Waals surface area contributed by atoms with E-state index >= 15 is 0 Å². The van der Waals surface area contributed by atoms with E-state index in [2.05, 4.69) is 10.6 Å². The summed E-state index contributed by atoms with van der Waals surface area (Å²) in [5.41, 5.74) is 1.91. The molecule has 0 aliphatic carbocycles. The lowest BCUT2D eigenvalue weighted by molar-refractivity contribution is -0.133. The second kappa shape index (κ2) is 9.00. The quantitative estimate of drug-likeness (QED) is 0.708. The van der Waals surface area contributed by atoms with Gasteiger partial charge in [0.05, 0.1) is 12.2 Å². The number of amides is 3. The Bertz CT molecular complexity index is 1100. The van der Waals surface area contributed by atoms with Crippen molar-refractivity contribution in [1.82, 2.24) is 10.2 Å². The van der Waals surface area contributed by atoms with Crippen LogP contribution in [0.3, 0.4) is 0 Å². The maximum atomic E-state index is 13.6. The molecule has 34 heavy (non-hydrogen) atoms. The summed E-state index contributed by atoms with van der Waals surface area (Å²) in [6.45, 7) is 7.92. The number of nitrogens with zero attached hydrogens (tertiary/aromatic N) is 1. The normalized spacial score (nSPS) is 20.2. The number of benzene rings is 2. The maximum Gasteiger partial charge on any atom is 0.412 e. The first-order valence-corrected chi connectivity index (χ1v) is 11.5. The highest BCUT2D eigenvalue weighted by Gasteiger charge is 2.49.